The van der Waals surface area contributed by atoms with Crippen LogP contribution in [-0.4, -0.2) is 31.7 Å². The van der Waals surface area contributed by atoms with Crippen molar-refractivity contribution in [2.75, 3.05) is 19.8 Å². The number of ether oxygens (including phenoxy) is 2. The Morgan fingerprint density at radius 1 is 1.67 bits per heavy atom. The summed E-state index contributed by atoms with van der Waals surface area (Å²) in [6, 6.07) is 0.00827. The van der Waals surface area contributed by atoms with Crippen molar-refractivity contribution in [3.63, 3.8) is 0 Å². The Hall–Kier alpha value is -1.23. The van der Waals surface area contributed by atoms with E-state index >= 15 is 0 Å². The molecule has 5 nitrogen and oxygen atoms in total. The second-order valence-electron chi connectivity index (χ2n) is 3.40. The average molecular weight is 214 g/mol. The molecule has 1 atom stereocenters. The van der Waals surface area contributed by atoms with Gasteiger partial charge in [0.15, 0.2) is 0 Å². The summed E-state index contributed by atoms with van der Waals surface area (Å²) >= 11 is 0. The fraction of sp³-hybridized carbons (Fsp3) is 0.700. The first kappa shape index (κ1) is 11.8. The van der Waals surface area contributed by atoms with Crippen LogP contribution in [0, 0.1) is 0 Å². The zero-order valence-corrected chi connectivity index (χ0v) is 8.99. The summed E-state index contributed by atoms with van der Waals surface area (Å²) in [5, 5.41) is 2.80. The molecule has 15 heavy (non-hydrogen) atoms. The van der Waals surface area contributed by atoms with E-state index in [0.29, 0.717) is 19.8 Å². The van der Waals surface area contributed by atoms with Crippen LogP contribution in [0.1, 0.15) is 19.8 Å². The minimum atomic E-state index is -0.251. The third-order valence-electron chi connectivity index (χ3n) is 2.13. The zero-order valence-electron chi connectivity index (χ0n) is 8.99. The Bertz CT molecular complexity index is 241. The van der Waals surface area contributed by atoms with Gasteiger partial charge in [0.2, 0.25) is 5.76 Å². The fourth-order valence-electron chi connectivity index (χ4n) is 1.34. The molecule has 0 aromatic carbocycles. The third-order valence-corrected chi connectivity index (χ3v) is 2.13. The summed E-state index contributed by atoms with van der Waals surface area (Å²) < 4.78 is 10.1. The highest BCUT2D eigenvalue weighted by molar-refractivity contribution is 5.91. The van der Waals surface area contributed by atoms with Crippen LogP contribution >= 0.6 is 0 Å². The smallest absolute Gasteiger partial charge is 0.289 e. The third kappa shape index (κ3) is 3.79. The maximum Gasteiger partial charge on any atom is 0.289 e. The maximum atomic E-state index is 11.6. The molecule has 0 saturated carbocycles. The van der Waals surface area contributed by atoms with Gasteiger partial charge >= 0.3 is 0 Å². The van der Waals surface area contributed by atoms with Gasteiger partial charge in [0.25, 0.3) is 5.91 Å². The van der Waals surface area contributed by atoms with E-state index in [1.807, 2.05) is 6.92 Å². The van der Waals surface area contributed by atoms with Crippen molar-refractivity contribution >= 4 is 5.91 Å². The SMILES string of the molecule is CCCC(CN)NC(=O)C1=COCCO1. The summed E-state index contributed by atoms with van der Waals surface area (Å²) in [6.07, 6.45) is 3.20. The molecule has 0 spiro atoms. The van der Waals surface area contributed by atoms with Crippen LogP contribution in [-0.2, 0) is 14.3 Å². The van der Waals surface area contributed by atoms with Crippen molar-refractivity contribution in [2.24, 2.45) is 5.73 Å². The predicted octanol–water partition coefficient (Wildman–Crippen LogP) is 0.118. The lowest BCUT2D eigenvalue weighted by molar-refractivity contribution is -0.123. The summed E-state index contributed by atoms with van der Waals surface area (Å²) in [7, 11) is 0. The fourth-order valence-corrected chi connectivity index (χ4v) is 1.34. The number of carbonyl (C=O) groups is 1. The van der Waals surface area contributed by atoms with Crippen molar-refractivity contribution < 1.29 is 14.3 Å². The molecule has 3 N–H and O–H groups in total. The average Bonchev–Trinajstić information content (AvgIpc) is 2.29. The van der Waals surface area contributed by atoms with Crippen molar-refractivity contribution in [3.05, 3.63) is 12.0 Å². The molecule has 1 unspecified atom stereocenters. The molecule has 1 aliphatic rings. The summed E-state index contributed by atoms with van der Waals surface area (Å²) in [4.78, 5) is 11.6. The van der Waals surface area contributed by atoms with Crippen molar-refractivity contribution in [1.82, 2.24) is 5.32 Å². The lowest BCUT2D eigenvalue weighted by Crippen LogP contribution is -2.41. The number of nitrogens with two attached hydrogens (primary N) is 1. The van der Waals surface area contributed by atoms with E-state index in [2.05, 4.69) is 5.32 Å². The highest BCUT2D eigenvalue weighted by atomic mass is 16.6. The topological polar surface area (TPSA) is 73.6 Å². The Labute approximate surface area is 89.6 Å². The Balaban J connectivity index is 2.42. The largest absolute Gasteiger partial charge is 0.494 e. The van der Waals surface area contributed by atoms with Gasteiger partial charge < -0.3 is 20.5 Å². The highest BCUT2D eigenvalue weighted by Gasteiger charge is 2.17. The lowest BCUT2D eigenvalue weighted by Gasteiger charge is -2.19. The molecule has 0 aliphatic carbocycles. The van der Waals surface area contributed by atoms with E-state index in [1.165, 1.54) is 6.26 Å². The van der Waals surface area contributed by atoms with Crippen molar-refractivity contribution in [3.8, 4) is 0 Å². The molecule has 1 heterocycles. The first-order valence-corrected chi connectivity index (χ1v) is 5.23. The molecule has 0 bridgehead atoms. The zero-order chi connectivity index (χ0) is 11.1. The van der Waals surface area contributed by atoms with Crippen LogP contribution in [0.25, 0.3) is 0 Å². The van der Waals surface area contributed by atoms with Crippen LogP contribution in [0.4, 0.5) is 0 Å². The molecular formula is C10H18N2O3. The van der Waals surface area contributed by atoms with Crippen LogP contribution < -0.4 is 11.1 Å². The summed E-state index contributed by atoms with van der Waals surface area (Å²) in [6.45, 7) is 3.40. The normalized spacial score (nSPS) is 17.1. The Morgan fingerprint density at radius 2 is 2.47 bits per heavy atom. The van der Waals surface area contributed by atoms with Crippen LogP contribution in [0.2, 0.25) is 0 Å². The maximum absolute atomic E-state index is 11.6. The number of carbonyl (C=O) groups excluding carboxylic acids is 1. The quantitative estimate of drug-likeness (QED) is 0.681. The van der Waals surface area contributed by atoms with E-state index in [0.717, 1.165) is 12.8 Å². The van der Waals surface area contributed by atoms with Gasteiger partial charge in [-0.1, -0.05) is 13.3 Å². The van der Waals surface area contributed by atoms with Crippen LogP contribution in [0.15, 0.2) is 12.0 Å². The first-order valence-electron chi connectivity index (χ1n) is 5.23. The standard InChI is InChI=1S/C10H18N2O3/c1-2-3-8(6-11)12-10(13)9-7-14-4-5-15-9/h7-8H,2-6,11H2,1H3,(H,12,13). The monoisotopic (exact) mass is 214 g/mol. The van der Waals surface area contributed by atoms with Crippen molar-refractivity contribution in [2.45, 2.75) is 25.8 Å². The van der Waals surface area contributed by atoms with E-state index < -0.39 is 0 Å². The molecule has 1 amide bonds. The van der Waals surface area contributed by atoms with Crippen LogP contribution in [0.5, 0.6) is 0 Å². The second-order valence-corrected chi connectivity index (χ2v) is 3.40. The lowest BCUT2D eigenvalue weighted by atomic mass is 10.1. The minimum absolute atomic E-state index is 0.00827. The molecular weight excluding hydrogens is 196 g/mol. The molecule has 0 fully saturated rings. The van der Waals surface area contributed by atoms with Crippen molar-refractivity contribution in [1.29, 1.82) is 0 Å². The molecule has 0 aromatic rings. The van der Waals surface area contributed by atoms with Gasteiger partial charge in [-0.2, -0.15) is 0 Å². The molecule has 1 rings (SSSR count). The van der Waals surface area contributed by atoms with E-state index in [1.54, 1.807) is 0 Å². The Kier molecular flexibility index (Phi) is 4.97. The van der Waals surface area contributed by atoms with E-state index in [9.17, 15) is 4.79 Å². The van der Waals surface area contributed by atoms with Gasteiger partial charge in [-0.3, -0.25) is 4.79 Å². The summed E-state index contributed by atoms with van der Waals surface area (Å²) in [5.74, 6) is -0.0191. The molecule has 0 saturated heterocycles. The number of amides is 1. The molecule has 1 aliphatic heterocycles. The predicted molar refractivity (Wildman–Crippen MR) is 55.9 cm³/mol. The van der Waals surface area contributed by atoms with Gasteiger partial charge in [0.1, 0.15) is 19.5 Å². The molecule has 0 aromatic heterocycles. The molecule has 86 valence electrons. The van der Waals surface area contributed by atoms with Gasteiger partial charge in [-0.15, -0.1) is 0 Å². The molecule has 0 radical (unpaired) electrons. The summed E-state index contributed by atoms with van der Waals surface area (Å²) in [5.41, 5.74) is 5.53. The second kappa shape index (κ2) is 6.29. The van der Waals surface area contributed by atoms with E-state index in [-0.39, 0.29) is 17.7 Å². The van der Waals surface area contributed by atoms with Gasteiger partial charge in [0, 0.05) is 12.6 Å². The van der Waals surface area contributed by atoms with Gasteiger partial charge in [0.05, 0.1) is 0 Å². The van der Waals surface area contributed by atoms with Crippen LogP contribution in [0.3, 0.4) is 0 Å². The number of hydrogen-bond donors (Lipinski definition) is 2. The number of hydrogen-bond acceptors (Lipinski definition) is 4. The number of nitrogens with one attached hydrogen (secondary N) is 1. The van der Waals surface area contributed by atoms with E-state index in [4.69, 9.17) is 15.2 Å². The highest BCUT2D eigenvalue weighted by Crippen LogP contribution is 2.05. The minimum Gasteiger partial charge on any atom is -0.494 e. The van der Waals surface area contributed by atoms with Gasteiger partial charge in [-0.05, 0) is 6.42 Å². The number of rotatable bonds is 5. The Morgan fingerprint density at radius 3 is 3.00 bits per heavy atom. The first-order chi connectivity index (χ1) is 7.27. The molecule has 5 heteroatoms. The van der Waals surface area contributed by atoms with Gasteiger partial charge in [-0.25, -0.2) is 0 Å².